The third kappa shape index (κ3) is 4.49. The third-order valence-corrected chi connectivity index (χ3v) is 2.41. The van der Waals surface area contributed by atoms with Gasteiger partial charge in [0.1, 0.15) is 23.9 Å². The van der Waals surface area contributed by atoms with E-state index >= 15 is 0 Å². The minimum absolute atomic E-state index is 0.213. The molecule has 0 saturated carbocycles. The fourth-order valence-electron chi connectivity index (χ4n) is 1.52. The molecule has 0 aliphatic heterocycles. The van der Waals surface area contributed by atoms with Gasteiger partial charge in [0, 0.05) is 6.08 Å². The van der Waals surface area contributed by atoms with Crippen LogP contribution >= 0.6 is 0 Å². The maximum Gasteiger partial charge on any atom is 0.328 e. The van der Waals surface area contributed by atoms with Crippen LogP contribution in [0.1, 0.15) is 0 Å². The Bertz CT molecular complexity index is 573. The van der Waals surface area contributed by atoms with E-state index in [9.17, 15) is 4.79 Å². The lowest BCUT2D eigenvalue weighted by Crippen LogP contribution is -1.95. The van der Waals surface area contributed by atoms with E-state index in [0.717, 1.165) is 11.8 Å². The van der Waals surface area contributed by atoms with Crippen molar-refractivity contribution in [2.24, 2.45) is 0 Å². The van der Waals surface area contributed by atoms with Gasteiger partial charge in [0.2, 0.25) is 0 Å². The van der Waals surface area contributed by atoms with Gasteiger partial charge in [-0.15, -0.1) is 0 Å². The van der Waals surface area contributed by atoms with Crippen molar-refractivity contribution in [3.8, 4) is 17.2 Å². The summed E-state index contributed by atoms with van der Waals surface area (Å²) in [4.78, 5) is 10.3. The van der Waals surface area contributed by atoms with Crippen molar-refractivity contribution in [3.63, 3.8) is 0 Å². The molecule has 20 heavy (non-hydrogen) atoms. The molecule has 0 unspecified atom stereocenters. The zero-order valence-corrected chi connectivity index (χ0v) is 10.7. The maximum atomic E-state index is 10.3. The Morgan fingerprint density at radius 1 is 0.950 bits per heavy atom. The third-order valence-electron chi connectivity index (χ3n) is 2.41. The average Bonchev–Trinajstić information content (AvgIpc) is 2.46. The molecule has 0 aliphatic carbocycles. The highest BCUT2D eigenvalue weighted by Gasteiger charge is 1.97. The molecular formula is C16H14O4. The molecule has 0 radical (unpaired) electrons. The maximum absolute atomic E-state index is 10.3. The van der Waals surface area contributed by atoms with Gasteiger partial charge >= 0.3 is 5.97 Å². The zero-order chi connectivity index (χ0) is 14.2. The van der Waals surface area contributed by atoms with Crippen LogP contribution in [0.4, 0.5) is 0 Å². The minimum Gasteiger partial charge on any atom is -0.490 e. The van der Waals surface area contributed by atoms with Gasteiger partial charge in [-0.2, -0.15) is 0 Å². The van der Waals surface area contributed by atoms with Crippen molar-refractivity contribution in [2.45, 2.75) is 0 Å². The van der Waals surface area contributed by atoms with Crippen LogP contribution in [0.15, 0.2) is 66.7 Å². The standard InChI is InChI=1S/C16H14O4/c17-16(18)7-4-12-19-13-8-10-15(11-9-13)20-14-5-2-1-3-6-14/h1-11H,12H2,(H,17,18). The quantitative estimate of drug-likeness (QED) is 0.816. The Hall–Kier alpha value is -2.75. The van der Waals surface area contributed by atoms with Crippen LogP contribution in [-0.4, -0.2) is 17.7 Å². The Labute approximate surface area is 116 Å². The van der Waals surface area contributed by atoms with Gasteiger partial charge in [-0.05, 0) is 42.5 Å². The van der Waals surface area contributed by atoms with Gasteiger partial charge in [0.05, 0.1) is 0 Å². The summed E-state index contributed by atoms with van der Waals surface area (Å²) in [5, 5.41) is 8.43. The summed E-state index contributed by atoms with van der Waals surface area (Å²) >= 11 is 0. The van der Waals surface area contributed by atoms with E-state index in [1.54, 1.807) is 24.3 Å². The molecule has 0 heterocycles. The first-order valence-electron chi connectivity index (χ1n) is 6.09. The monoisotopic (exact) mass is 270 g/mol. The molecule has 4 nitrogen and oxygen atoms in total. The first kappa shape index (κ1) is 13.7. The molecule has 4 heteroatoms. The summed E-state index contributed by atoms with van der Waals surface area (Å²) in [6, 6.07) is 16.6. The largest absolute Gasteiger partial charge is 0.490 e. The molecule has 0 bridgehead atoms. The zero-order valence-electron chi connectivity index (χ0n) is 10.7. The molecule has 0 amide bonds. The van der Waals surface area contributed by atoms with E-state index in [0.29, 0.717) is 11.5 Å². The van der Waals surface area contributed by atoms with E-state index in [4.69, 9.17) is 14.6 Å². The molecule has 2 aromatic rings. The average molecular weight is 270 g/mol. The second-order valence-electron chi connectivity index (χ2n) is 3.94. The highest BCUT2D eigenvalue weighted by molar-refractivity contribution is 5.79. The van der Waals surface area contributed by atoms with E-state index in [1.165, 1.54) is 6.08 Å². The van der Waals surface area contributed by atoms with Crippen LogP contribution in [0.3, 0.4) is 0 Å². The van der Waals surface area contributed by atoms with E-state index in [2.05, 4.69) is 0 Å². The highest BCUT2D eigenvalue weighted by Crippen LogP contribution is 2.23. The number of benzene rings is 2. The first-order chi connectivity index (χ1) is 9.74. The summed E-state index contributed by atoms with van der Waals surface area (Å²) < 4.78 is 11.0. The number of hydrogen-bond acceptors (Lipinski definition) is 3. The predicted molar refractivity (Wildman–Crippen MR) is 75.2 cm³/mol. The van der Waals surface area contributed by atoms with Crippen LogP contribution in [0, 0.1) is 0 Å². The SMILES string of the molecule is O=C(O)C=CCOc1ccc(Oc2ccccc2)cc1. The van der Waals surface area contributed by atoms with Crippen LogP contribution in [-0.2, 0) is 4.79 Å². The highest BCUT2D eigenvalue weighted by atomic mass is 16.5. The predicted octanol–water partition coefficient (Wildman–Crippen LogP) is 3.50. The molecule has 0 aliphatic rings. The molecule has 0 aromatic heterocycles. The lowest BCUT2D eigenvalue weighted by molar-refractivity contribution is -0.131. The van der Waals surface area contributed by atoms with Crippen molar-refractivity contribution in [3.05, 3.63) is 66.7 Å². The fourth-order valence-corrected chi connectivity index (χ4v) is 1.52. The number of para-hydroxylation sites is 1. The molecule has 0 spiro atoms. The number of carboxylic acid groups (broad SMARTS) is 1. The van der Waals surface area contributed by atoms with Crippen molar-refractivity contribution in [1.29, 1.82) is 0 Å². The van der Waals surface area contributed by atoms with Gasteiger partial charge in [0.15, 0.2) is 0 Å². The van der Waals surface area contributed by atoms with Crippen LogP contribution < -0.4 is 9.47 Å². The number of carboxylic acids is 1. The number of rotatable bonds is 6. The summed E-state index contributed by atoms with van der Waals surface area (Å²) in [7, 11) is 0. The molecular weight excluding hydrogens is 256 g/mol. The van der Waals surface area contributed by atoms with Crippen molar-refractivity contribution in [1.82, 2.24) is 0 Å². The van der Waals surface area contributed by atoms with Crippen molar-refractivity contribution < 1.29 is 19.4 Å². The Kier molecular flexibility index (Phi) is 4.78. The van der Waals surface area contributed by atoms with Gasteiger partial charge in [-0.3, -0.25) is 0 Å². The van der Waals surface area contributed by atoms with Crippen molar-refractivity contribution in [2.75, 3.05) is 6.61 Å². The van der Waals surface area contributed by atoms with Crippen LogP contribution in [0.2, 0.25) is 0 Å². The Balaban J connectivity index is 1.88. The second kappa shape index (κ2) is 6.99. The van der Waals surface area contributed by atoms with Gasteiger partial charge in [0.25, 0.3) is 0 Å². The van der Waals surface area contributed by atoms with Gasteiger partial charge in [-0.1, -0.05) is 18.2 Å². The molecule has 102 valence electrons. The topological polar surface area (TPSA) is 55.8 Å². The summed E-state index contributed by atoms with van der Waals surface area (Å²) in [5.74, 6) is 1.15. The smallest absolute Gasteiger partial charge is 0.328 e. The Morgan fingerprint density at radius 3 is 2.20 bits per heavy atom. The van der Waals surface area contributed by atoms with Crippen molar-refractivity contribution >= 4 is 5.97 Å². The van der Waals surface area contributed by atoms with E-state index in [-0.39, 0.29) is 6.61 Å². The molecule has 0 atom stereocenters. The van der Waals surface area contributed by atoms with Crippen LogP contribution in [0.5, 0.6) is 17.2 Å². The molecule has 1 N–H and O–H groups in total. The summed E-state index contributed by atoms with van der Waals surface area (Å²) in [6.45, 7) is 0.213. The van der Waals surface area contributed by atoms with Gasteiger partial charge < -0.3 is 14.6 Å². The Morgan fingerprint density at radius 2 is 1.55 bits per heavy atom. The fraction of sp³-hybridized carbons (Fsp3) is 0.0625. The number of ether oxygens (including phenoxy) is 2. The van der Waals surface area contributed by atoms with Crippen LogP contribution in [0.25, 0.3) is 0 Å². The molecule has 2 rings (SSSR count). The number of carbonyl (C=O) groups is 1. The molecule has 2 aromatic carbocycles. The van der Waals surface area contributed by atoms with E-state index in [1.807, 2.05) is 30.3 Å². The number of aliphatic carboxylic acids is 1. The lowest BCUT2D eigenvalue weighted by Gasteiger charge is -2.07. The van der Waals surface area contributed by atoms with E-state index < -0.39 is 5.97 Å². The molecule has 0 saturated heterocycles. The minimum atomic E-state index is -0.986. The first-order valence-corrected chi connectivity index (χ1v) is 6.09. The lowest BCUT2D eigenvalue weighted by atomic mass is 10.3. The second-order valence-corrected chi connectivity index (χ2v) is 3.94. The normalized spacial score (nSPS) is 10.4. The van der Waals surface area contributed by atoms with Gasteiger partial charge in [-0.25, -0.2) is 4.79 Å². The number of hydrogen-bond donors (Lipinski definition) is 1. The summed E-state index contributed by atoms with van der Waals surface area (Å²) in [5.41, 5.74) is 0. The summed E-state index contributed by atoms with van der Waals surface area (Å²) in [6.07, 6.45) is 2.49. The molecule has 0 fully saturated rings.